The molecule has 0 spiro atoms. The Morgan fingerprint density at radius 2 is 1.80 bits per heavy atom. The van der Waals surface area contributed by atoms with E-state index < -0.39 is 5.97 Å². The van der Waals surface area contributed by atoms with Gasteiger partial charge in [-0.05, 0) is 42.5 Å². The monoisotopic (exact) mass is 393 g/mol. The van der Waals surface area contributed by atoms with Crippen molar-refractivity contribution < 1.29 is 14.3 Å². The average Bonchev–Trinajstić information content (AvgIpc) is 3.08. The van der Waals surface area contributed by atoms with Gasteiger partial charge in [-0.3, -0.25) is 0 Å². The zero-order valence-electron chi connectivity index (χ0n) is 13.2. The van der Waals surface area contributed by atoms with Crippen LogP contribution in [-0.2, 0) is 11.3 Å². The fourth-order valence-corrected chi connectivity index (χ4v) is 3.47. The molecule has 128 valence electrons. The van der Waals surface area contributed by atoms with Crippen LogP contribution in [0.1, 0.15) is 16.1 Å². The largest absolute Gasteiger partial charge is 0.497 e. The number of benzene rings is 2. The van der Waals surface area contributed by atoms with Crippen LogP contribution in [-0.4, -0.2) is 18.1 Å². The molecule has 2 aromatic carbocycles. The molecule has 1 heterocycles. The van der Waals surface area contributed by atoms with Crippen molar-refractivity contribution in [3.63, 3.8) is 0 Å². The number of carbonyl (C=O) groups is 1. The number of thiazole rings is 1. The van der Waals surface area contributed by atoms with E-state index in [2.05, 4.69) is 4.98 Å². The lowest BCUT2D eigenvalue weighted by atomic mass is 10.2. The molecule has 3 rings (SSSR count). The number of methoxy groups -OCH3 is 1. The number of hydrogen-bond donors (Lipinski definition) is 0. The van der Waals surface area contributed by atoms with E-state index in [0.717, 1.165) is 16.3 Å². The molecular weight excluding hydrogens is 381 g/mol. The first kappa shape index (κ1) is 17.7. The quantitative estimate of drug-likeness (QED) is 0.538. The van der Waals surface area contributed by atoms with Gasteiger partial charge in [0, 0.05) is 21.0 Å². The Bertz CT molecular complexity index is 873. The van der Waals surface area contributed by atoms with Gasteiger partial charge in [-0.15, -0.1) is 11.3 Å². The zero-order valence-corrected chi connectivity index (χ0v) is 15.5. The molecule has 4 nitrogen and oxygen atoms in total. The minimum atomic E-state index is -0.497. The topological polar surface area (TPSA) is 48.4 Å². The lowest BCUT2D eigenvalue weighted by molar-refractivity contribution is 0.0468. The molecule has 1 aromatic heterocycles. The second-order valence-corrected chi connectivity index (χ2v) is 6.84. The zero-order chi connectivity index (χ0) is 17.8. The van der Waals surface area contributed by atoms with Gasteiger partial charge in [-0.25, -0.2) is 9.78 Å². The van der Waals surface area contributed by atoms with Crippen LogP contribution in [0.2, 0.25) is 10.0 Å². The van der Waals surface area contributed by atoms with E-state index in [0.29, 0.717) is 21.3 Å². The second kappa shape index (κ2) is 7.87. The Kier molecular flexibility index (Phi) is 5.58. The second-order valence-electron chi connectivity index (χ2n) is 5.11. The Morgan fingerprint density at radius 3 is 2.44 bits per heavy atom. The molecule has 0 saturated heterocycles. The number of rotatable bonds is 5. The first-order valence-corrected chi connectivity index (χ1v) is 8.91. The lowest BCUT2D eigenvalue weighted by Crippen LogP contribution is -2.05. The summed E-state index contributed by atoms with van der Waals surface area (Å²) in [4.78, 5) is 16.6. The lowest BCUT2D eigenvalue weighted by Gasteiger charge is -2.04. The van der Waals surface area contributed by atoms with E-state index in [4.69, 9.17) is 32.7 Å². The Balaban J connectivity index is 1.65. The fourth-order valence-electron chi connectivity index (χ4n) is 2.13. The highest BCUT2D eigenvalue weighted by Crippen LogP contribution is 2.26. The van der Waals surface area contributed by atoms with Crippen LogP contribution in [0.15, 0.2) is 47.8 Å². The first-order chi connectivity index (χ1) is 12.0. The summed E-state index contributed by atoms with van der Waals surface area (Å²) in [6, 6.07) is 12.2. The third-order valence-corrected chi connectivity index (χ3v) is 4.71. The molecule has 0 saturated carbocycles. The standard InChI is InChI=1S/C18H13Cl2NO3S/c1-23-16-4-2-11(3-5-16)17-21-15(10-25-17)9-24-18(22)12-6-13(19)8-14(20)7-12/h2-8,10H,9H2,1H3. The maximum absolute atomic E-state index is 12.1. The maximum Gasteiger partial charge on any atom is 0.338 e. The van der Waals surface area contributed by atoms with Gasteiger partial charge < -0.3 is 9.47 Å². The minimum absolute atomic E-state index is 0.0790. The van der Waals surface area contributed by atoms with Gasteiger partial charge in [0.15, 0.2) is 0 Å². The van der Waals surface area contributed by atoms with E-state index in [-0.39, 0.29) is 6.61 Å². The smallest absolute Gasteiger partial charge is 0.338 e. The number of ether oxygens (including phenoxy) is 2. The summed E-state index contributed by atoms with van der Waals surface area (Å²) in [5, 5.41) is 3.47. The number of nitrogens with zero attached hydrogens (tertiary/aromatic N) is 1. The third kappa shape index (κ3) is 4.51. The van der Waals surface area contributed by atoms with Crippen LogP contribution in [0, 0.1) is 0 Å². The van der Waals surface area contributed by atoms with Crippen molar-refractivity contribution in [1.82, 2.24) is 4.98 Å². The molecule has 0 bridgehead atoms. The van der Waals surface area contributed by atoms with Crippen molar-refractivity contribution in [3.8, 4) is 16.3 Å². The molecule has 25 heavy (non-hydrogen) atoms. The molecule has 0 aliphatic heterocycles. The van der Waals surface area contributed by atoms with Gasteiger partial charge in [0.1, 0.15) is 17.4 Å². The van der Waals surface area contributed by atoms with Gasteiger partial charge in [-0.1, -0.05) is 23.2 Å². The molecule has 7 heteroatoms. The van der Waals surface area contributed by atoms with Gasteiger partial charge in [0.05, 0.1) is 18.4 Å². The maximum atomic E-state index is 12.1. The Hall–Kier alpha value is -2.08. The molecular formula is C18H13Cl2NO3S. The normalized spacial score (nSPS) is 10.5. The van der Waals surface area contributed by atoms with E-state index in [1.54, 1.807) is 13.2 Å². The third-order valence-electron chi connectivity index (χ3n) is 3.34. The number of carbonyl (C=O) groups excluding carboxylic acids is 1. The van der Waals surface area contributed by atoms with Crippen molar-refractivity contribution in [2.75, 3.05) is 7.11 Å². The van der Waals surface area contributed by atoms with Crippen molar-refractivity contribution in [2.45, 2.75) is 6.61 Å². The summed E-state index contributed by atoms with van der Waals surface area (Å²) in [7, 11) is 1.62. The predicted molar refractivity (Wildman–Crippen MR) is 99.7 cm³/mol. The molecule has 0 aliphatic carbocycles. The number of halogens is 2. The SMILES string of the molecule is COc1ccc(-c2nc(COC(=O)c3cc(Cl)cc(Cl)c3)cs2)cc1. The van der Waals surface area contributed by atoms with Gasteiger partial charge in [0.25, 0.3) is 0 Å². The number of aromatic nitrogens is 1. The molecule has 0 radical (unpaired) electrons. The fraction of sp³-hybridized carbons (Fsp3) is 0.111. The number of hydrogen-bond acceptors (Lipinski definition) is 5. The molecule has 0 fully saturated rings. The van der Waals surface area contributed by atoms with E-state index in [9.17, 15) is 4.79 Å². The van der Waals surface area contributed by atoms with E-state index in [1.807, 2.05) is 29.6 Å². The van der Waals surface area contributed by atoms with Crippen LogP contribution in [0.25, 0.3) is 10.6 Å². The summed E-state index contributed by atoms with van der Waals surface area (Å²) in [6.45, 7) is 0.0790. The van der Waals surface area contributed by atoms with Gasteiger partial charge in [-0.2, -0.15) is 0 Å². The molecule has 0 aliphatic rings. The van der Waals surface area contributed by atoms with Crippen molar-refractivity contribution >= 4 is 40.5 Å². The summed E-state index contributed by atoms with van der Waals surface area (Å²) in [5.74, 6) is 0.290. The molecule has 0 unspecified atom stereocenters. The van der Waals surface area contributed by atoms with E-state index in [1.165, 1.54) is 23.5 Å². The van der Waals surface area contributed by atoms with Crippen LogP contribution in [0.5, 0.6) is 5.75 Å². The molecule has 0 atom stereocenters. The average molecular weight is 394 g/mol. The van der Waals surface area contributed by atoms with Crippen LogP contribution in [0.4, 0.5) is 0 Å². The summed E-state index contributed by atoms with van der Waals surface area (Å²) in [6.07, 6.45) is 0. The highest BCUT2D eigenvalue weighted by molar-refractivity contribution is 7.13. The summed E-state index contributed by atoms with van der Waals surface area (Å²) in [5.41, 5.74) is 1.96. The summed E-state index contributed by atoms with van der Waals surface area (Å²) >= 11 is 13.3. The highest BCUT2D eigenvalue weighted by Gasteiger charge is 2.11. The van der Waals surface area contributed by atoms with Gasteiger partial charge >= 0.3 is 5.97 Å². The molecule has 0 N–H and O–H groups in total. The molecule has 3 aromatic rings. The van der Waals surface area contributed by atoms with Crippen molar-refractivity contribution in [2.24, 2.45) is 0 Å². The van der Waals surface area contributed by atoms with E-state index >= 15 is 0 Å². The van der Waals surface area contributed by atoms with Gasteiger partial charge in [0.2, 0.25) is 0 Å². The Morgan fingerprint density at radius 1 is 1.12 bits per heavy atom. The van der Waals surface area contributed by atoms with Crippen LogP contribution < -0.4 is 4.74 Å². The van der Waals surface area contributed by atoms with Crippen LogP contribution >= 0.6 is 34.5 Å². The Labute approximate surface area is 158 Å². The predicted octanol–water partition coefficient (Wildman–Crippen LogP) is 5.48. The first-order valence-electron chi connectivity index (χ1n) is 7.27. The molecule has 0 amide bonds. The van der Waals surface area contributed by atoms with Crippen molar-refractivity contribution in [1.29, 1.82) is 0 Å². The minimum Gasteiger partial charge on any atom is -0.497 e. The highest BCUT2D eigenvalue weighted by atomic mass is 35.5. The summed E-state index contributed by atoms with van der Waals surface area (Å²) < 4.78 is 10.4. The van der Waals surface area contributed by atoms with Crippen molar-refractivity contribution in [3.05, 3.63) is 69.1 Å². The number of esters is 1. The van der Waals surface area contributed by atoms with Crippen LogP contribution in [0.3, 0.4) is 0 Å².